The second-order valence-corrected chi connectivity index (χ2v) is 6.43. The summed E-state index contributed by atoms with van der Waals surface area (Å²) in [7, 11) is 0. The van der Waals surface area contributed by atoms with E-state index < -0.39 is 0 Å². The summed E-state index contributed by atoms with van der Waals surface area (Å²) in [5.41, 5.74) is 1.14. The number of hydrogen-bond acceptors (Lipinski definition) is 2. The van der Waals surface area contributed by atoms with Gasteiger partial charge in [-0.25, -0.2) is 0 Å². The maximum atomic E-state index is 6.13. The smallest absolute Gasteiger partial charge is 0.143 e. The van der Waals surface area contributed by atoms with Gasteiger partial charge in [0.05, 0.1) is 11.7 Å². The van der Waals surface area contributed by atoms with Crippen LogP contribution in [0.2, 0.25) is 0 Å². The number of ether oxygens (including phenoxy) is 1. The zero-order valence-electron chi connectivity index (χ0n) is 10.8. The van der Waals surface area contributed by atoms with E-state index in [4.69, 9.17) is 4.74 Å². The van der Waals surface area contributed by atoms with E-state index in [0.29, 0.717) is 12.1 Å². The first-order valence-electron chi connectivity index (χ1n) is 6.99. The van der Waals surface area contributed by atoms with E-state index in [0.717, 1.165) is 21.8 Å². The van der Waals surface area contributed by atoms with Gasteiger partial charge in [-0.1, -0.05) is 35.7 Å². The first kappa shape index (κ1) is 12.3. The van der Waals surface area contributed by atoms with Crippen LogP contribution in [-0.4, -0.2) is 12.1 Å². The molecule has 18 heavy (non-hydrogen) atoms. The number of halogens is 1. The maximum absolute atomic E-state index is 6.13. The molecule has 3 heteroatoms. The lowest BCUT2D eigenvalue weighted by Gasteiger charge is -2.41. The molecule has 0 saturated heterocycles. The molecule has 98 valence electrons. The van der Waals surface area contributed by atoms with Crippen LogP contribution < -0.4 is 10.1 Å². The quantitative estimate of drug-likeness (QED) is 0.862. The van der Waals surface area contributed by atoms with Crippen molar-refractivity contribution in [2.24, 2.45) is 5.92 Å². The molecule has 2 aliphatic rings. The molecule has 0 bridgehead atoms. The van der Waals surface area contributed by atoms with Crippen molar-refractivity contribution in [1.29, 1.82) is 0 Å². The summed E-state index contributed by atoms with van der Waals surface area (Å²) in [6.07, 6.45) is 6.79. The van der Waals surface area contributed by atoms with Crippen molar-refractivity contribution in [2.75, 3.05) is 5.32 Å². The normalized spacial score (nSPS) is 29.8. The predicted molar refractivity (Wildman–Crippen MR) is 78.2 cm³/mol. The van der Waals surface area contributed by atoms with Gasteiger partial charge >= 0.3 is 0 Å². The Labute approximate surface area is 117 Å². The molecule has 3 rings (SSSR count). The maximum Gasteiger partial charge on any atom is 0.143 e. The topological polar surface area (TPSA) is 21.3 Å². The van der Waals surface area contributed by atoms with Crippen LogP contribution in [0.3, 0.4) is 0 Å². The molecule has 0 amide bonds. The molecule has 3 unspecified atom stereocenters. The minimum absolute atomic E-state index is 0.367. The lowest BCUT2D eigenvalue weighted by Crippen LogP contribution is -2.45. The Balaban J connectivity index is 1.76. The van der Waals surface area contributed by atoms with E-state index in [2.05, 4.69) is 40.3 Å². The molecule has 0 spiro atoms. The average Bonchev–Trinajstić information content (AvgIpc) is 2.36. The number of benzene rings is 1. The van der Waals surface area contributed by atoms with Crippen LogP contribution in [0.15, 0.2) is 22.7 Å². The van der Waals surface area contributed by atoms with E-state index in [9.17, 15) is 0 Å². The van der Waals surface area contributed by atoms with Gasteiger partial charge in [0, 0.05) is 4.47 Å². The highest BCUT2D eigenvalue weighted by atomic mass is 79.9. The van der Waals surface area contributed by atoms with Gasteiger partial charge in [-0.2, -0.15) is 0 Å². The van der Waals surface area contributed by atoms with Crippen molar-refractivity contribution in [1.82, 2.24) is 0 Å². The first-order chi connectivity index (χ1) is 8.76. The molecule has 2 nitrogen and oxygen atoms in total. The second kappa shape index (κ2) is 5.12. The molecule has 1 saturated carbocycles. The van der Waals surface area contributed by atoms with E-state index in [1.807, 2.05) is 6.07 Å². The van der Waals surface area contributed by atoms with Crippen molar-refractivity contribution >= 4 is 21.6 Å². The van der Waals surface area contributed by atoms with Gasteiger partial charge in [-0.3, -0.25) is 0 Å². The third-order valence-electron chi connectivity index (χ3n) is 4.15. The van der Waals surface area contributed by atoms with Gasteiger partial charge in [-0.05, 0) is 43.4 Å². The van der Waals surface area contributed by atoms with Crippen LogP contribution in [0.1, 0.15) is 39.0 Å². The molecule has 3 atom stereocenters. The highest BCUT2D eigenvalue weighted by Gasteiger charge is 2.35. The van der Waals surface area contributed by atoms with Crippen LogP contribution in [0.25, 0.3) is 0 Å². The second-order valence-electron chi connectivity index (χ2n) is 5.52. The number of hydrogen-bond donors (Lipinski definition) is 1. The van der Waals surface area contributed by atoms with Crippen LogP contribution in [0.4, 0.5) is 5.69 Å². The molecule has 1 aliphatic carbocycles. The van der Waals surface area contributed by atoms with E-state index in [1.165, 1.54) is 32.1 Å². The Morgan fingerprint density at radius 1 is 1.39 bits per heavy atom. The largest absolute Gasteiger partial charge is 0.486 e. The van der Waals surface area contributed by atoms with Crippen LogP contribution >= 0.6 is 15.9 Å². The highest BCUT2D eigenvalue weighted by molar-refractivity contribution is 9.10. The lowest BCUT2D eigenvalue weighted by molar-refractivity contribution is 0.105. The third-order valence-corrected chi connectivity index (χ3v) is 4.65. The van der Waals surface area contributed by atoms with Gasteiger partial charge in [0.25, 0.3) is 0 Å². The highest BCUT2D eigenvalue weighted by Crippen LogP contribution is 2.40. The minimum atomic E-state index is 0.367. The van der Waals surface area contributed by atoms with Gasteiger partial charge in [0.1, 0.15) is 11.9 Å². The number of nitrogens with one attached hydrogen (secondary N) is 1. The van der Waals surface area contributed by atoms with E-state index in [-0.39, 0.29) is 0 Å². The molecular formula is C15H20BrNO. The van der Waals surface area contributed by atoms with Crippen molar-refractivity contribution in [2.45, 2.75) is 51.2 Å². The Morgan fingerprint density at radius 2 is 2.28 bits per heavy atom. The van der Waals surface area contributed by atoms with Crippen LogP contribution in [-0.2, 0) is 0 Å². The fourth-order valence-electron chi connectivity index (χ4n) is 3.27. The van der Waals surface area contributed by atoms with Crippen molar-refractivity contribution in [3.8, 4) is 5.75 Å². The molecular weight excluding hydrogens is 290 g/mol. The van der Waals surface area contributed by atoms with Gasteiger partial charge in [0.2, 0.25) is 0 Å². The summed E-state index contributed by atoms with van der Waals surface area (Å²) in [4.78, 5) is 0. The third kappa shape index (κ3) is 2.37. The molecule has 1 aliphatic heterocycles. The molecule has 1 aromatic rings. The fraction of sp³-hybridized carbons (Fsp3) is 0.600. The molecule has 1 N–H and O–H groups in total. The summed E-state index contributed by atoms with van der Waals surface area (Å²) >= 11 is 3.52. The Bertz CT molecular complexity index is 435. The summed E-state index contributed by atoms with van der Waals surface area (Å²) in [5, 5.41) is 3.67. The molecule has 0 radical (unpaired) electrons. The van der Waals surface area contributed by atoms with Crippen molar-refractivity contribution < 1.29 is 4.74 Å². The van der Waals surface area contributed by atoms with Crippen LogP contribution in [0.5, 0.6) is 5.75 Å². The minimum Gasteiger partial charge on any atom is -0.486 e. The first-order valence-corrected chi connectivity index (χ1v) is 7.78. The van der Waals surface area contributed by atoms with Crippen molar-refractivity contribution in [3.63, 3.8) is 0 Å². The lowest BCUT2D eigenvalue weighted by atomic mass is 9.80. The Hall–Kier alpha value is -0.700. The van der Waals surface area contributed by atoms with Crippen molar-refractivity contribution in [3.05, 3.63) is 22.7 Å². The SMILES string of the molecule is CCCC1CCC2Oc3ccc(Br)cc3NC2C1. The Kier molecular flexibility index (Phi) is 3.51. The summed E-state index contributed by atoms with van der Waals surface area (Å²) < 4.78 is 7.24. The predicted octanol–water partition coefficient (Wildman–Crippen LogP) is 4.59. The standard InChI is InChI=1S/C15H20BrNO/c1-2-3-10-4-6-14-12(8-10)17-13-9-11(16)5-7-15(13)18-14/h5,7,9-10,12,14,17H,2-4,6,8H2,1H3. The fourth-order valence-corrected chi connectivity index (χ4v) is 3.63. The van der Waals surface area contributed by atoms with Crippen LogP contribution in [0, 0.1) is 5.92 Å². The number of fused-ring (bicyclic) bond motifs is 2. The van der Waals surface area contributed by atoms with Gasteiger partial charge < -0.3 is 10.1 Å². The average molecular weight is 310 g/mol. The van der Waals surface area contributed by atoms with E-state index in [1.54, 1.807) is 0 Å². The Morgan fingerprint density at radius 3 is 3.11 bits per heavy atom. The summed E-state index contributed by atoms with van der Waals surface area (Å²) in [6.45, 7) is 2.28. The molecule has 0 aromatic heterocycles. The number of rotatable bonds is 2. The molecule has 1 aromatic carbocycles. The molecule has 1 heterocycles. The monoisotopic (exact) mass is 309 g/mol. The van der Waals surface area contributed by atoms with Gasteiger partial charge in [-0.15, -0.1) is 0 Å². The zero-order chi connectivity index (χ0) is 12.5. The zero-order valence-corrected chi connectivity index (χ0v) is 12.4. The number of anilines is 1. The summed E-state index contributed by atoms with van der Waals surface area (Å²) in [6, 6.07) is 6.72. The summed E-state index contributed by atoms with van der Waals surface area (Å²) in [5.74, 6) is 1.88. The molecule has 1 fully saturated rings. The van der Waals surface area contributed by atoms with E-state index >= 15 is 0 Å². The van der Waals surface area contributed by atoms with Gasteiger partial charge in [0.15, 0.2) is 0 Å².